The highest BCUT2D eigenvalue weighted by Gasteiger charge is 2.30. The largest absolute Gasteiger partial charge is 0.480 e. The maximum atomic E-state index is 13.2. The maximum Gasteiger partial charge on any atom is 0.264 e. The number of nitrogens with one attached hydrogen (secondary N) is 1. The van der Waals surface area contributed by atoms with Crippen molar-refractivity contribution in [2.45, 2.75) is 51.8 Å². The molecule has 0 saturated carbocycles. The second-order valence-corrected chi connectivity index (χ2v) is 8.96. The summed E-state index contributed by atoms with van der Waals surface area (Å²) in [5.74, 6) is 0.341. The van der Waals surface area contributed by atoms with Gasteiger partial charge >= 0.3 is 0 Å². The molecule has 1 N–H and O–H groups in total. The normalized spacial score (nSPS) is 16.3. The maximum absolute atomic E-state index is 13.2. The molecule has 0 bridgehead atoms. The fraction of sp³-hybridized carbons (Fsp3) is 0.286. The smallest absolute Gasteiger partial charge is 0.264 e. The zero-order valence-corrected chi connectivity index (χ0v) is 20.2. The number of rotatable bonds is 7. The molecule has 1 aliphatic heterocycles. The van der Waals surface area contributed by atoms with Crippen LogP contribution in [0.1, 0.15) is 49.3 Å². The number of halogens is 1. The third-order valence-corrected chi connectivity index (χ3v) is 6.38. The van der Waals surface area contributed by atoms with E-state index in [4.69, 9.17) is 16.3 Å². The Labute approximate surface area is 205 Å². The minimum atomic E-state index is -0.545. The average molecular weight is 477 g/mol. The first-order chi connectivity index (χ1) is 16.5. The molecule has 0 aromatic heterocycles. The monoisotopic (exact) mass is 476 g/mol. The number of fused-ring (bicyclic) bond motifs is 1. The molecule has 2 atom stereocenters. The lowest BCUT2D eigenvalue weighted by Gasteiger charge is -2.23. The molecule has 176 valence electrons. The predicted octanol–water partition coefficient (Wildman–Crippen LogP) is 6.17. The molecule has 4 rings (SSSR count). The van der Waals surface area contributed by atoms with Gasteiger partial charge in [-0.3, -0.25) is 9.59 Å². The zero-order valence-electron chi connectivity index (χ0n) is 19.5. The Hall–Kier alpha value is -3.31. The topological polar surface area (TPSA) is 58.6 Å². The molecular formula is C28H29ClN2O3. The van der Waals surface area contributed by atoms with Gasteiger partial charge in [-0.25, -0.2) is 0 Å². The Morgan fingerprint density at radius 3 is 2.50 bits per heavy atom. The van der Waals surface area contributed by atoms with Gasteiger partial charge in [0.25, 0.3) is 5.91 Å². The number of amides is 2. The number of ether oxygens (including phenoxy) is 1. The van der Waals surface area contributed by atoms with E-state index in [1.54, 1.807) is 4.90 Å². The Morgan fingerprint density at radius 2 is 1.82 bits per heavy atom. The molecule has 0 radical (unpaired) electrons. The van der Waals surface area contributed by atoms with Crippen molar-refractivity contribution >= 4 is 29.1 Å². The predicted molar refractivity (Wildman–Crippen MR) is 135 cm³/mol. The van der Waals surface area contributed by atoms with Gasteiger partial charge in [0.05, 0.1) is 5.92 Å². The second kappa shape index (κ2) is 10.7. The quantitative estimate of drug-likeness (QED) is 0.443. The molecule has 34 heavy (non-hydrogen) atoms. The van der Waals surface area contributed by atoms with Gasteiger partial charge in [0.2, 0.25) is 5.91 Å². The van der Waals surface area contributed by atoms with Gasteiger partial charge in [-0.1, -0.05) is 67.9 Å². The number of carbonyl (C=O) groups is 2. The van der Waals surface area contributed by atoms with Crippen LogP contribution in [0.3, 0.4) is 0 Å². The molecule has 0 saturated heterocycles. The molecule has 3 aromatic carbocycles. The van der Waals surface area contributed by atoms with Crippen LogP contribution in [0.25, 0.3) is 0 Å². The molecule has 0 aliphatic carbocycles. The van der Waals surface area contributed by atoms with Crippen LogP contribution >= 0.6 is 11.6 Å². The highest BCUT2D eigenvalue weighted by atomic mass is 35.5. The van der Waals surface area contributed by atoms with E-state index >= 15 is 0 Å². The highest BCUT2D eigenvalue weighted by Crippen LogP contribution is 2.31. The lowest BCUT2D eigenvalue weighted by Crippen LogP contribution is -2.38. The van der Waals surface area contributed by atoms with Crippen molar-refractivity contribution in [1.29, 1.82) is 0 Å². The molecule has 0 spiro atoms. The standard InChI is InChI=1S/C28H29ClN2O3/c1-3-24(20-8-6-5-7-9-20)27(32)30-23-14-15-26-21(16-23)18-31(28(33)25(4-2)34-26)17-19-10-12-22(29)13-11-19/h5-16,24-25H,3-4,17-18H2,1-2H3,(H,30,32). The molecule has 1 heterocycles. The van der Waals surface area contributed by atoms with Crippen molar-refractivity contribution in [2.75, 3.05) is 5.32 Å². The van der Waals surface area contributed by atoms with Gasteiger partial charge in [-0.2, -0.15) is 0 Å². The summed E-state index contributed by atoms with van der Waals surface area (Å²) in [7, 11) is 0. The Morgan fingerprint density at radius 1 is 1.09 bits per heavy atom. The number of carbonyl (C=O) groups excluding carboxylic acids is 2. The summed E-state index contributed by atoms with van der Waals surface area (Å²) in [5.41, 5.74) is 3.54. The Balaban J connectivity index is 1.56. The van der Waals surface area contributed by atoms with Crippen LogP contribution in [0.2, 0.25) is 5.02 Å². The van der Waals surface area contributed by atoms with E-state index in [9.17, 15) is 9.59 Å². The molecule has 2 unspecified atom stereocenters. The fourth-order valence-electron chi connectivity index (χ4n) is 4.28. The van der Waals surface area contributed by atoms with Crippen LogP contribution in [0.5, 0.6) is 5.75 Å². The summed E-state index contributed by atoms with van der Waals surface area (Å²) in [6, 6.07) is 22.9. The number of anilines is 1. The van der Waals surface area contributed by atoms with Gasteiger partial charge < -0.3 is 15.0 Å². The van der Waals surface area contributed by atoms with E-state index in [-0.39, 0.29) is 17.7 Å². The summed E-state index contributed by atoms with van der Waals surface area (Å²) in [5, 5.41) is 3.72. The molecule has 1 aliphatic rings. The Kier molecular flexibility index (Phi) is 7.53. The lowest BCUT2D eigenvalue weighted by molar-refractivity contribution is -0.139. The summed E-state index contributed by atoms with van der Waals surface area (Å²) in [4.78, 5) is 28.0. The minimum absolute atomic E-state index is 0.0469. The van der Waals surface area contributed by atoms with Crippen molar-refractivity contribution in [3.05, 3.63) is 94.5 Å². The lowest BCUT2D eigenvalue weighted by atomic mass is 9.95. The van der Waals surface area contributed by atoms with Crippen LogP contribution in [-0.4, -0.2) is 22.8 Å². The molecule has 2 amide bonds. The summed E-state index contributed by atoms with van der Waals surface area (Å²) in [6.45, 7) is 4.80. The molecule has 5 nitrogen and oxygen atoms in total. The van der Waals surface area contributed by atoms with Crippen LogP contribution in [-0.2, 0) is 22.7 Å². The van der Waals surface area contributed by atoms with E-state index < -0.39 is 6.10 Å². The van der Waals surface area contributed by atoms with Gasteiger partial charge in [0, 0.05) is 29.4 Å². The van der Waals surface area contributed by atoms with Gasteiger partial charge in [-0.15, -0.1) is 0 Å². The van der Waals surface area contributed by atoms with Crippen LogP contribution in [0, 0.1) is 0 Å². The number of nitrogens with zero attached hydrogens (tertiary/aromatic N) is 1. The number of hydrogen-bond acceptors (Lipinski definition) is 3. The summed E-state index contributed by atoms with van der Waals surface area (Å²) in [6.07, 6.45) is 0.728. The van der Waals surface area contributed by atoms with Crippen LogP contribution < -0.4 is 10.1 Å². The first kappa shape index (κ1) is 23.8. The first-order valence-electron chi connectivity index (χ1n) is 11.7. The van der Waals surface area contributed by atoms with Crippen molar-refractivity contribution in [3.8, 4) is 5.75 Å². The second-order valence-electron chi connectivity index (χ2n) is 8.52. The highest BCUT2D eigenvalue weighted by molar-refractivity contribution is 6.30. The fourth-order valence-corrected chi connectivity index (χ4v) is 4.40. The van der Waals surface area contributed by atoms with Crippen LogP contribution in [0.4, 0.5) is 5.69 Å². The van der Waals surface area contributed by atoms with Crippen molar-refractivity contribution in [2.24, 2.45) is 0 Å². The summed E-state index contributed by atoms with van der Waals surface area (Å²) < 4.78 is 6.08. The zero-order chi connectivity index (χ0) is 24.1. The van der Waals surface area contributed by atoms with Crippen molar-refractivity contribution in [1.82, 2.24) is 4.90 Å². The van der Waals surface area contributed by atoms with E-state index in [1.807, 2.05) is 86.6 Å². The van der Waals surface area contributed by atoms with Gasteiger partial charge in [-0.05, 0) is 54.3 Å². The molecule has 3 aromatic rings. The number of hydrogen-bond donors (Lipinski definition) is 1. The number of benzene rings is 3. The van der Waals surface area contributed by atoms with E-state index in [0.717, 1.165) is 16.7 Å². The first-order valence-corrected chi connectivity index (χ1v) is 12.0. The molecule has 0 fully saturated rings. The van der Waals surface area contributed by atoms with Crippen LogP contribution in [0.15, 0.2) is 72.8 Å². The Bertz CT molecular complexity index is 1150. The third-order valence-electron chi connectivity index (χ3n) is 6.13. The van der Waals surface area contributed by atoms with Gasteiger partial charge in [0.15, 0.2) is 6.10 Å². The SMILES string of the molecule is CCC1Oc2ccc(NC(=O)C(CC)c3ccccc3)cc2CN(Cc2ccc(Cl)cc2)C1=O. The van der Waals surface area contributed by atoms with Crippen molar-refractivity contribution < 1.29 is 14.3 Å². The van der Waals surface area contributed by atoms with E-state index in [1.165, 1.54) is 0 Å². The molecule has 6 heteroatoms. The van der Waals surface area contributed by atoms with Gasteiger partial charge in [0.1, 0.15) is 5.75 Å². The molecular weight excluding hydrogens is 448 g/mol. The minimum Gasteiger partial charge on any atom is -0.480 e. The van der Waals surface area contributed by atoms with E-state index in [0.29, 0.717) is 42.4 Å². The van der Waals surface area contributed by atoms with E-state index in [2.05, 4.69) is 5.32 Å². The average Bonchev–Trinajstić information content (AvgIpc) is 2.97. The third kappa shape index (κ3) is 5.42. The van der Waals surface area contributed by atoms with Crippen molar-refractivity contribution in [3.63, 3.8) is 0 Å². The summed E-state index contributed by atoms with van der Waals surface area (Å²) >= 11 is 6.02.